The number of rotatable bonds is 15. The fraction of sp³-hybridized carbons (Fsp3) is 0.700. The Hall–Kier alpha value is -2.37. The average Bonchev–Trinajstić information content (AvgIpc) is 3.71. The molecular formula is C30H52N2O14S6. The molecule has 0 unspecified atom stereocenters. The number of nitrogens with one attached hydrogen (secondary N) is 1. The Morgan fingerprint density at radius 3 is 1.52 bits per heavy atom. The minimum Gasteiger partial charge on any atom is -0.445 e. The molecule has 2 saturated carbocycles. The first-order valence-electron chi connectivity index (χ1n) is 15.9. The second-order valence-corrected chi connectivity index (χ2v) is 17.6. The lowest BCUT2D eigenvalue weighted by atomic mass is 9.96. The SMILES string of the molecule is CS(=O)(=O)CC[C@H](N)C(=O)CC1CCCC1.CS(=O)(=O)CC[C@H](NC(=O)OCc1ccccc1)C(=O)CC1CCCC1.O=S(=O)=O.O=S(=O)=O.S.S. The molecule has 2 atom stereocenters. The van der Waals surface area contributed by atoms with Gasteiger partial charge in [-0.25, -0.2) is 21.6 Å². The molecular weight excluding hydrogens is 805 g/mol. The second-order valence-electron chi connectivity index (χ2n) is 12.3. The Morgan fingerprint density at radius 1 is 0.731 bits per heavy atom. The van der Waals surface area contributed by atoms with Crippen LogP contribution in [0.5, 0.6) is 0 Å². The number of hydrogen-bond acceptors (Lipinski definition) is 15. The Morgan fingerprint density at radius 2 is 1.12 bits per heavy atom. The van der Waals surface area contributed by atoms with Crippen molar-refractivity contribution in [2.75, 3.05) is 24.0 Å². The number of carbonyl (C=O) groups excluding carboxylic acids is 3. The standard InChI is InChI=1S/C19H27NO5S.C11H21NO3S.2O3S.2H2S/c1-26(23,24)12-11-17(18(21)13-15-7-5-6-8-15)20-19(22)25-14-16-9-3-2-4-10-16;1-16(14,15)7-6-10(12)11(13)8-9-4-2-3-5-9;2*1-4(2)3;;/h2-4,9-10,15,17H,5-8,11-14H2,1H3,(H,20,22);9-10H,2-8,12H2,1H3;;;2*1H2/t17-;10-;;;;/m00..../s1. The molecule has 22 heteroatoms. The van der Waals surface area contributed by atoms with Crippen LogP contribution in [0, 0.1) is 11.8 Å². The maximum Gasteiger partial charge on any atom is 0.425 e. The van der Waals surface area contributed by atoms with Gasteiger partial charge in [-0.3, -0.25) is 9.59 Å². The van der Waals surface area contributed by atoms with E-state index in [0.29, 0.717) is 24.7 Å². The summed E-state index contributed by atoms with van der Waals surface area (Å²) in [6.45, 7) is 0.0995. The molecule has 2 aliphatic rings. The Bertz CT molecular complexity index is 1600. The summed E-state index contributed by atoms with van der Waals surface area (Å²) < 4.78 is 101. The van der Waals surface area contributed by atoms with E-state index < -0.39 is 59.1 Å². The predicted octanol–water partition coefficient (Wildman–Crippen LogP) is 1.98. The van der Waals surface area contributed by atoms with E-state index in [-0.39, 0.29) is 69.5 Å². The molecule has 2 fully saturated rings. The van der Waals surface area contributed by atoms with Gasteiger partial charge < -0.3 is 15.8 Å². The van der Waals surface area contributed by atoms with Crippen LogP contribution >= 0.6 is 27.0 Å². The van der Waals surface area contributed by atoms with Crippen LogP contribution in [-0.2, 0) is 61.8 Å². The highest BCUT2D eigenvalue weighted by atomic mass is 32.2. The van der Waals surface area contributed by atoms with Gasteiger partial charge in [0.25, 0.3) is 0 Å². The Balaban J connectivity index is -0.000000788. The molecule has 302 valence electrons. The van der Waals surface area contributed by atoms with Crippen molar-refractivity contribution in [1.82, 2.24) is 5.32 Å². The van der Waals surface area contributed by atoms with Gasteiger partial charge in [-0.1, -0.05) is 81.7 Å². The molecule has 0 heterocycles. The van der Waals surface area contributed by atoms with Crippen LogP contribution in [0.25, 0.3) is 0 Å². The summed E-state index contributed by atoms with van der Waals surface area (Å²) in [6, 6.07) is 7.79. The van der Waals surface area contributed by atoms with Gasteiger partial charge in [-0.15, -0.1) is 25.3 Å². The average molecular weight is 857 g/mol. The number of alkyl carbamates (subject to hydrolysis) is 1. The van der Waals surface area contributed by atoms with Crippen LogP contribution in [0.2, 0.25) is 0 Å². The van der Waals surface area contributed by atoms with Crippen molar-refractivity contribution >= 4 is 85.5 Å². The van der Waals surface area contributed by atoms with E-state index in [4.69, 9.17) is 35.7 Å². The van der Waals surface area contributed by atoms with Crippen molar-refractivity contribution in [2.24, 2.45) is 17.6 Å². The van der Waals surface area contributed by atoms with Crippen molar-refractivity contribution < 1.29 is 61.2 Å². The number of sulfone groups is 2. The van der Waals surface area contributed by atoms with Gasteiger partial charge >= 0.3 is 27.3 Å². The number of ether oxygens (including phenoxy) is 1. The Labute approximate surface area is 323 Å². The van der Waals surface area contributed by atoms with E-state index in [1.807, 2.05) is 30.3 Å². The largest absolute Gasteiger partial charge is 0.445 e. The van der Waals surface area contributed by atoms with Crippen molar-refractivity contribution in [3.63, 3.8) is 0 Å². The van der Waals surface area contributed by atoms with E-state index in [1.165, 1.54) is 19.1 Å². The van der Waals surface area contributed by atoms with Gasteiger partial charge in [0.1, 0.15) is 32.1 Å². The topological polar surface area (TPSA) is 269 Å². The number of ketones is 2. The molecule has 1 aromatic carbocycles. The third-order valence-electron chi connectivity index (χ3n) is 7.81. The van der Waals surface area contributed by atoms with E-state index in [2.05, 4.69) is 5.32 Å². The summed E-state index contributed by atoms with van der Waals surface area (Å²) in [6.07, 6.45) is 11.8. The molecule has 0 radical (unpaired) electrons. The molecule has 1 aromatic rings. The van der Waals surface area contributed by atoms with Crippen LogP contribution in [0.3, 0.4) is 0 Å². The highest BCUT2D eigenvalue weighted by Crippen LogP contribution is 2.29. The molecule has 0 aliphatic heterocycles. The highest BCUT2D eigenvalue weighted by molar-refractivity contribution is 7.90. The normalized spacial score (nSPS) is 15.1. The second kappa shape index (κ2) is 29.0. The third kappa shape index (κ3) is 32.3. The van der Waals surface area contributed by atoms with Crippen LogP contribution < -0.4 is 11.1 Å². The number of nitrogens with two attached hydrogens (primary N) is 1. The fourth-order valence-electron chi connectivity index (χ4n) is 5.35. The molecule has 0 aromatic heterocycles. The molecule has 1 amide bonds. The lowest BCUT2D eigenvalue weighted by Crippen LogP contribution is -2.42. The molecule has 52 heavy (non-hydrogen) atoms. The number of amides is 1. The van der Waals surface area contributed by atoms with Gasteiger partial charge in [0.05, 0.1) is 23.6 Å². The highest BCUT2D eigenvalue weighted by Gasteiger charge is 2.27. The summed E-state index contributed by atoms with van der Waals surface area (Å²) in [5, 5.41) is 2.56. The fourth-order valence-corrected chi connectivity index (χ4v) is 6.69. The van der Waals surface area contributed by atoms with Crippen LogP contribution in [0.1, 0.15) is 82.6 Å². The lowest BCUT2D eigenvalue weighted by molar-refractivity contribution is -0.122. The first-order valence-corrected chi connectivity index (χ1v) is 22.0. The molecule has 3 rings (SSSR count). The summed E-state index contributed by atoms with van der Waals surface area (Å²) in [5.74, 6) is 0.590. The number of Topliss-reactive ketones (excluding diaryl/α,β-unsaturated/α-hetero) is 2. The molecule has 2 aliphatic carbocycles. The van der Waals surface area contributed by atoms with Crippen LogP contribution in [0.15, 0.2) is 30.3 Å². The monoisotopic (exact) mass is 856 g/mol. The first-order chi connectivity index (χ1) is 23.2. The number of carbonyl (C=O) groups is 3. The van der Waals surface area contributed by atoms with Gasteiger partial charge in [-0.2, -0.15) is 27.0 Å². The van der Waals surface area contributed by atoms with Crippen molar-refractivity contribution in [3.8, 4) is 0 Å². The third-order valence-corrected chi connectivity index (χ3v) is 9.77. The molecule has 16 nitrogen and oxygen atoms in total. The van der Waals surface area contributed by atoms with E-state index in [1.54, 1.807) is 0 Å². The predicted molar refractivity (Wildman–Crippen MR) is 204 cm³/mol. The van der Waals surface area contributed by atoms with Crippen molar-refractivity contribution in [3.05, 3.63) is 35.9 Å². The smallest absolute Gasteiger partial charge is 0.425 e. The summed E-state index contributed by atoms with van der Waals surface area (Å²) >= 11 is 0. The molecule has 0 saturated heterocycles. The maximum absolute atomic E-state index is 12.6. The van der Waals surface area contributed by atoms with Gasteiger partial charge in [-0.05, 0) is 30.2 Å². The van der Waals surface area contributed by atoms with E-state index >= 15 is 0 Å². The zero-order valence-electron chi connectivity index (χ0n) is 29.2. The van der Waals surface area contributed by atoms with Gasteiger partial charge in [0, 0.05) is 25.4 Å². The minimum atomic E-state index is -3.22. The van der Waals surface area contributed by atoms with Crippen LogP contribution in [-0.4, -0.2) is 95.8 Å². The van der Waals surface area contributed by atoms with Gasteiger partial charge in [0.2, 0.25) is 0 Å². The van der Waals surface area contributed by atoms with Crippen molar-refractivity contribution in [1.29, 1.82) is 0 Å². The summed E-state index contributed by atoms with van der Waals surface area (Å²) in [7, 11) is -12.4. The lowest BCUT2D eigenvalue weighted by Gasteiger charge is -2.19. The zero-order valence-corrected chi connectivity index (χ0v) is 34.5. The van der Waals surface area contributed by atoms with Gasteiger partial charge in [0.15, 0.2) is 5.78 Å². The summed E-state index contributed by atoms with van der Waals surface area (Å²) in [4.78, 5) is 36.3. The molecule has 0 bridgehead atoms. The number of hydrogen-bond donors (Lipinski definition) is 2. The zero-order chi connectivity index (χ0) is 38.3. The minimum absolute atomic E-state index is 0. The Kier molecular flexibility index (Phi) is 30.2. The van der Waals surface area contributed by atoms with Crippen molar-refractivity contribution in [2.45, 2.75) is 95.7 Å². The molecule has 0 spiro atoms. The van der Waals surface area contributed by atoms with E-state index in [0.717, 1.165) is 50.3 Å². The van der Waals surface area contributed by atoms with Crippen LogP contribution in [0.4, 0.5) is 4.79 Å². The maximum atomic E-state index is 12.6. The number of benzene rings is 1. The first kappa shape index (κ1) is 54.0. The van der Waals surface area contributed by atoms with E-state index in [9.17, 15) is 31.2 Å². The molecule has 3 N–H and O–H groups in total. The quantitative estimate of drug-likeness (QED) is 0.255. The summed E-state index contributed by atoms with van der Waals surface area (Å²) in [5.41, 5.74) is 6.53.